The number of pyridine rings is 1. The van der Waals surface area contributed by atoms with Gasteiger partial charge in [0.15, 0.2) is 0 Å². The van der Waals surface area contributed by atoms with Crippen molar-refractivity contribution in [1.82, 2.24) is 24.3 Å². The molecule has 3 heterocycles. The Labute approximate surface area is 109 Å². The SMILES string of the molecule is Cn1nccc1Cn1c(CCl)nc2cnccc21. The monoisotopic (exact) mass is 261 g/mol. The lowest BCUT2D eigenvalue weighted by Crippen LogP contribution is -2.08. The molecule has 3 aromatic heterocycles. The molecule has 5 nitrogen and oxygen atoms in total. The van der Waals surface area contributed by atoms with Gasteiger partial charge in [-0.1, -0.05) is 0 Å². The molecule has 0 bridgehead atoms. The lowest BCUT2D eigenvalue weighted by molar-refractivity contribution is 0.663. The fourth-order valence-electron chi connectivity index (χ4n) is 2.03. The third-order valence-electron chi connectivity index (χ3n) is 2.99. The van der Waals surface area contributed by atoms with E-state index in [4.69, 9.17) is 11.6 Å². The Bertz CT molecular complexity index is 685. The molecule has 6 heteroatoms. The predicted octanol–water partition coefficient (Wildman–Crippen LogP) is 1.95. The molecule has 3 rings (SSSR count). The van der Waals surface area contributed by atoms with Crippen molar-refractivity contribution in [3.05, 3.63) is 42.2 Å². The number of alkyl halides is 1. The van der Waals surface area contributed by atoms with Crippen LogP contribution >= 0.6 is 11.6 Å². The molecule has 18 heavy (non-hydrogen) atoms. The van der Waals surface area contributed by atoms with Crippen molar-refractivity contribution in [1.29, 1.82) is 0 Å². The first kappa shape index (κ1) is 11.2. The number of hydrogen-bond donors (Lipinski definition) is 0. The standard InChI is InChI=1S/C12H12ClN5/c1-17-9(2-5-15-17)8-18-11-3-4-14-7-10(11)16-12(18)6-13/h2-5,7H,6,8H2,1H3. The van der Waals surface area contributed by atoms with Crippen LogP contribution in [0.3, 0.4) is 0 Å². The van der Waals surface area contributed by atoms with Crippen LogP contribution in [-0.2, 0) is 19.5 Å². The maximum absolute atomic E-state index is 5.96. The van der Waals surface area contributed by atoms with Gasteiger partial charge >= 0.3 is 0 Å². The van der Waals surface area contributed by atoms with Crippen LogP contribution in [0, 0.1) is 0 Å². The first-order valence-corrected chi connectivity index (χ1v) is 6.15. The van der Waals surface area contributed by atoms with Crippen molar-refractivity contribution in [2.24, 2.45) is 7.05 Å². The number of hydrogen-bond acceptors (Lipinski definition) is 3. The summed E-state index contributed by atoms with van der Waals surface area (Å²) in [5.74, 6) is 1.23. The van der Waals surface area contributed by atoms with Gasteiger partial charge in [0.05, 0.1) is 29.8 Å². The second-order valence-electron chi connectivity index (χ2n) is 4.06. The van der Waals surface area contributed by atoms with Gasteiger partial charge in [0, 0.05) is 19.4 Å². The summed E-state index contributed by atoms with van der Waals surface area (Å²) in [4.78, 5) is 8.56. The molecule has 3 aromatic rings. The Morgan fingerprint density at radius 2 is 2.17 bits per heavy atom. The minimum atomic E-state index is 0.381. The Hall–Kier alpha value is -1.88. The average molecular weight is 262 g/mol. The molecule has 0 saturated carbocycles. The molecule has 0 amide bonds. The lowest BCUT2D eigenvalue weighted by Gasteiger charge is -2.07. The van der Waals surface area contributed by atoms with Crippen molar-refractivity contribution < 1.29 is 0 Å². The van der Waals surface area contributed by atoms with Gasteiger partial charge in [0.25, 0.3) is 0 Å². The van der Waals surface area contributed by atoms with E-state index in [9.17, 15) is 0 Å². The third-order valence-corrected chi connectivity index (χ3v) is 3.23. The van der Waals surface area contributed by atoms with Crippen molar-refractivity contribution >= 4 is 22.6 Å². The van der Waals surface area contributed by atoms with Crippen molar-refractivity contribution in [2.75, 3.05) is 0 Å². The topological polar surface area (TPSA) is 48.5 Å². The zero-order valence-corrected chi connectivity index (χ0v) is 10.7. The summed E-state index contributed by atoms with van der Waals surface area (Å²) in [6.45, 7) is 0.707. The molecule has 0 fully saturated rings. The van der Waals surface area contributed by atoms with Crippen LogP contribution in [0.1, 0.15) is 11.5 Å². The Morgan fingerprint density at radius 1 is 1.28 bits per heavy atom. The van der Waals surface area contributed by atoms with E-state index in [0.717, 1.165) is 22.6 Å². The fraction of sp³-hybridized carbons (Fsp3) is 0.250. The fourth-order valence-corrected chi connectivity index (χ4v) is 2.23. The van der Waals surface area contributed by atoms with Crippen LogP contribution < -0.4 is 0 Å². The molecule has 0 unspecified atom stereocenters. The molecular formula is C12H12ClN5. The molecule has 0 aliphatic carbocycles. The molecule has 0 radical (unpaired) electrons. The van der Waals surface area contributed by atoms with Crippen molar-refractivity contribution in [2.45, 2.75) is 12.4 Å². The van der Waals surface area contributed by atoms with Crippen LogP contribution in [0.15, 0.2) is 30.7 Å². The maximum Gasteiger partial charge on any atom is 0.125 e. The van der Waals surface area contributed by atoms with Crippen LogP contribution in [0.4, 0.5) is 0 Å². The molecule has 92 valence electrons. The first-order chi connectivity index (χ1) is 8.79. The highest BCUT2D eigenvalue weighted by atomic mass is 35.5. The number of aromatic nitrogens is 5. The van der Waals surface area contributed by atoms with E-state index in [1.54, 1.807) is 18.6 Å². The third kappa shape index (κ3) is 1.76. The van der Waals surface area contributed by atoms with E-state index in [1.165, 1.54) is 0 Å². The summed E-state index contributed by atoms with van der Waals surface area (Å²) >= 11 is 5.96. The first-order valence-electron chi connectivity index (χ1n) is 5.61. The van der Waals surface area contributed by atoms with Gasteiger partial charge in [-0.3, -0.25) is 9.67 Å². The maximum atomic E-state index is 5.96. The molecule has 0 aromatic carbocycles. The second-order valence-corrected chi connectivity index (χ2v) is 4.33. The predicted molar refractivity (Wildman–Crippen MR) is 69.4 cm³/mol. The van der Waals surface area contributed by atoms with E-state index in [0.29, 0.717) is 12.4 Å². The minimum Gasteiger partial charge on any atom is -0.321 e. The van der Waals surface area contributed by atoms with Crippen LogP contribution in [-0.4, -0.2) is 24.3 Å². The van der Waals surface area contributed by atoms with Gasteiger partial charge in [-0.05, 0) is 12.1 Å². The van der Waals surface area contributed by atoms with Gasteiger partial charge in [0.2, 0.25) is 0 Å². The summed E-state index contributed by atoms with van der Waals surface area (Å²) in [5.41, 5.74) is 3.02. The number of fused-ring (bicyclic) bond motifs is 1. The highest BCUT2D eigenvalue weighted by Gasteiger charge is 2.11. The van der Waals surface area contributed by atoms with Gasteiger partial charge in [0.1, 0.15) is 11.3 Å². The molecule has 0 aliphatic rings. The summed E-state index contributed by atoms with van der Waals surface area (Å²) < 4.78 is 3.95. The van der Waals surface area contributed by atoms with E-state index in [2.05, 4.69) is 19.6 Å². The zero-order valence-electron chi connectivity index (χ0n) is 9.91. The van der Waals surface area contributed by atoms with E-state index in [-0.39, 0.29) is 0 Å². The molecule has 0 atom stereocenters. The van der Waals surface area contributed by atoms with Crippen LogP contribution in [0.5, 0.6) is 0 Å². The molecule has 0 spiro atoms. The van der Waals surface area contributed by atoms with Crippen LogP contribution in [0.25, 0.3) is 11.0 Å². The Balaban J connectivity index is 2.12. The summed E-state index contributed by atoms with van der Waals surface area (Å²) in [6, 6.07) is 3.94. The number of rotatable bonds is 3. The van der Waals surface area contributed by atoms with E-state index in [1.807, 2.05) is 23.9 Å². The quantitative estimate of drug-likeness (QED) is 0.677. The van der Waals surface area contributed by atoms with Crippen molar-refractivity contribution in [3.8, 4) is 0 Å². The highest BCUT2D eigenvalue weighted by Crippen LogP contribution is 2.18. The highest BCUT2D eigenvalue weighted by molar-refractivity contribution is 6.16. The minimum absolute atomic E-state index is 0.381. The Morgan fingerprint density at radius 3 is 2.89 bits per heavy atom. The average Bonchev–Trinajstić information content (AvgIpc) is 2.95. The summed E-state index contributed by atoms with van der Waals surface area (Å²) in [7, 11) is 1.93. The molecule has 0 N–H and O–H groups in total. The molecule has 0 saturated heterocycles. The number of imidazole rings is 1. The van der Waals surface area contributed by atoms with E-state index < -0.39 is 0 Å². The Kier molecular flexibility index (Phi) is 2.76. The van der Waals surface area contributed by atoms with Crippen LogP contribution in [0.2, 0.25) is 0 Å². The van der Waals surface area contributed by atoms with Gasteiger partial charge in [-0.15, -0.1) is 11.6 Å². The number of nitrogens with zero attached hydrogens (tertiary/aromatic N) is 5. The zero-order chi connectivity index (χ0) is 12.5. The summed E-state index contributed by atoms with van der Waals surface area (Å²) in [5, 5.41) is 4.17. The number of aryl methyl sites for hydroxylation is 1. The largest absolute Gasteiger partial charge is 0.321 e. The molecular weight excluding hydrogens is 250 g/mol. The smallest absolute Gasteiger partial charge is 0.125 e. The number of halogens is 1. The summed E-state index contributed by atoms with van der Waals surface area (Å²) in [6.07, 6.45) is 5.31. The second kappa shape index (κ2) is 4.42. The van der Waals surface area contributed by atoms with E-state index >= 15 is 0 Å². The van der Waals surface area contributed by atoms with Gasteiger partial charge in [-0.2, -0.15) is 5.10 Å². The van der Waals surface area contributed by atoms with Gasteiger partial charge in [-0.25, -0.2) is 4.98 Å². The lowest BCUT2D eigenvalue weighted by atomic mass is 10.3. The van der Waals surface area contributed by atoms with Crippen molar-refractivity contribution in [3.63, 3.8) is 0 Å². The normalized spacial score (nSPS) is 11.2. The van der Waals surface area contributed by atoms with Gasteiger partial charge < -0.3 is 4.57 Å². The molecule has 0 aliphatic heterocycles.